The van der Waals surface area contributed by atoms with E-state index in [1.165, 1.54) is 21.3 Å². The number of nitrogens with one attached hydrogen (secondary N) is 2. The van der Waals surface area contributed by atoms with Crippen LogP contribution in [-0.4, -0.2) is 33.1 Å². The summed E-state index contributed by atoms with van der Waals surface area (Å²) in [7, 11) is 4.48. The van der Waals surface area contributed by atoms with E-state index in [0.717, 1.165) is 0 Å². The van der Waals surface area contributed by atoms with Gasteiger partial charge in [0.2, 0.25) is 0 Å². The summed E-state index contributed by atoms with van der Waals surface area (Å²) in [4.78, 5) is 25.4. The van der Waals surface area contributed by atoms with Crippen LogP contribution in [0.2, 0.25) is 0 Å². The van der Waals surface area contributed by atoms with E-state index in [1.807, 2.05) is 6.07 Å². The number of carbonyl (C=O) groups is 2. The van der Waals surface area contributed by atoms with Crippen molar-refractivity contribution in [2.75, 3.05) is 32.0 Å². The van der Waals surface area contributed by atoms with Gasteiger partial charge in [-0.1, -0.05) is 18.2 Å². The maximum atomic E-state index is 12.9. The van der Waals surface area contributed by atoms with E-state index in [1.54, 1.807) is 54.6 Å². The van der Waals surface area contributed by atoms with E-state index in [0.29, 0.717) is 44.2 Å². The average Bonchev–Trinajstić information content (AvgIpc) is 2.80. The van der Waals surface area contributed by atoms with Crippen LogP contribution in [0.4, 0.5) is 11.4 Å². The second-order valence-electron chi connectivity index (χ2n) is 6.37. The lowest BCUT2D eigenvalue weighted by Crippen LogP contribution is -2.15. The molecule has 0 fully saturated rings. The van der Waals surface area contributed by atoms with Crippen molar-refractivity contribution in [3.05, 3.63) is 76.3 Å². The number of hydrogen-bond acceptors (Lipinski definition) is 5. The van der Waals surface area contributed by atoms with Crippen molar-refractivity contribution in [1.82, 2.24) is 0 Å². The number of methoxy groups -OCH3 is 3. The van der Waals surface area contributed by atoms with E-state index < -0.39 is 0 Å². The third kappa shape index (κ3) is 5.16. The summed E-state index contributed by atoms with van der Waals surface area (Å²) in [5.74, 6) is 0.615. The van der Waals surface area contributed by atoms with Gasteiger partial charge in [-0.2, -0.15) is 0 Å². The molecule has 0 radical (unpaired) electrons. The highest BCUT2D eigenvalue weighted by Gasteiger charge is 2.18. The van der Waals surface area contributed by atoms with Crippen LogP contribution < -0.4 is 24.8 Å². The van der Waals surface area contributed by atoms with Gasteiger partial charge in [-0.05, 0) is 46.3 Å². The number of benzene rings is 3. The van der Waals surface area contributed by atoms with Crippen LogP contribution in [0.15, 0.2) is 65.1 Å². The first-order chi connectivity index (χ1) is 15.0. The molecule has 160 valence electrons. The van der Waals surface area contributed by atoms with Crippen molar-refractivity contribution in [2.24, 2.45) is 0 Å². The Morgan fingerprint density at radius 2 is 1.32 bits per heavy atom. The summed E-state index contributed by atoms with van der Waals surface area (Å²) in [5.41, 5.74) is 1.69. The standard InChI is InChI=1S/C23H21BrN2O5/c1-29-15-9-10-17(24)16(11-15)23(28)26-19-13-20(30-2)18(12-21(19)31-3)25-22(27)14-7-5-4-6-8-14/h4-13H,1-3H3,(H,25,27)(H,26,28). The molecule has 0 atom stereocenters. The molecule has 3 aromatic carbocycles. The topological polar surface area (TPSA) is 85.9 Å². The van der Waals surface area contributed by atoms with Gasteiger partial charge in [0, 0.05) is 22.2 Å². The Balaban J connectivity index is 1.90. The molecule has 0 spiro atoms. The smallest absolute Gasteiger partial charge is 0.257 e. The first-order valence-corrected chi connectivity index (χ1v) is 10.0. The third-order valence-corrected chi connectivity index (χ3v) is 5.16. The number of ether oxygens (including phenoxy) is 3. The fourth-order valence-corrected chi connectivity index (χ4v) is 3.30. The summed E-state index contributed by atoms with van der Waals surface area (Å²) in [5, 5.41) is 5.62. The van der Waals surface area contributed by atoms with Crippen LogP contribution in [-0.2, 0) is 0 Å². The number of amides is 2. The van der Waals surface area contributed by atoms with Crippen LogP contribution in [0.5, 0.6) is 17.2 Å². The molecule has 8 heteroatoms. The van der Waals surface area contributed by atoms with E-state index in [9.17, 15) is 9.59 Å². The molecular formula is C23H21BrN2O5. The molecule has 0 aliphatic rings. The molecule has 0 aromatic heterocycles. The lowest BCUT2D eigenvalue weighted by molar-refractivity contribution is 0.101. The fraction of sp³-hybridized carbons (Fsp3) is 0.130. The third-order valence-electron chi connectivity index (χ3n) is 4.47. The first-order valence-electron chi connectivity index (χ1n) is 9.24. The van der Waals surface area contributed by atoms with Crippen molar-refractivity contribution in [3.63, 3.8) is 0 Å². The zero-order valence-corrected chi connectivity index (χ0v) is 18.8. The van der Waals surface area contributed by atoms with Gasteiger partial charge < -0.3 is 24.8 Å². The van der Waals surface area contributed by atoms with Gasteiger partial charge in [0.1, 0.15) is 17.2 Å². The summed E-state index contributed by atoms with van der Waals surface area (Å²) >= 11 is 3.38. The number of anilines is 2. The van der Waals surface area contributed by atoms with Gasteiger partial charge >= 0.3 is 0 Å². The van der Waals surface area contributed by atoms with E-state index in [4.69, 9.17) is 14.2 Å². The number of halogens is 1. The fourth-order valence-electron chi connectivity index (χ4n) is 2.87. The highest BCUT2D eigenvalue weighted by atomic mass is 79.9. The Hall–Kier alpha value is -3.52. The molecule has 0 heterocycles. The largest absolute Gasteiger partial charge is 0.497 e. The first kappa shape index (κ1) is 22.2. The zero-order valence-electron chi connectivity index (χ0n) is 17.2. The SMILES string of the molecule is COc1ccc(Br)c(C(=O)Nc2cc(OC)c(NC(=O)c3ccccc3)cc2OC)c1. The second kappa shape index (κ2) is 9.99. The number of carbonyl (C=O) groups excluding carboxylic acids is 2. The van der Waals surface area contributed by atoms with Gasteiger partial charge in [-0.3, -0.25) is 9.59 Å². The maximum Gasteiger partial charge on any atom is 0.257 e. The lowest BCUT2D eigenvalue weighted by Gasteiger charge is -2.16. The Morgan fingerprint density at radius 1 is 0.742 bits per heavy atom. The van der Waals surface area contributed by atoms with Gasteiger partial charge in [0.05, 0.1) is 38.3 Å². The molecule has 3 rings (SSSR count). The summed E-state index contributed by atoms with van der Waals surface area (Å²) in [6, 6.07) is 17.1. The molecule has 31 heavy (non-hydrogen) atoms. The normalized spacial score (nSPS) is 10.2. The Morgan fingerprint density at radius 3 is 1.87 bits per heavy atom. The maximum absolute atomic E-state index is 12.9. The van der Waals surface area contributed by atoms with Crippen LogP contribution in [0.25, 0.3) is 0 Å². The van der Waals surface area contributed by atoms with E-state index in [2.05, 4.69) is 26.6 Å². The number of hydrogen-bond donors (Lipinski definition) is 2. The molecule has 0 unspecified atom stereocenters. The average molecular weight is 485 g/mol. The molecule has 0 aliphatic heterocycles. The molecule has 2 amide bonds. The van der Waals surface area contributed by atoms with Crippen LogP contribution in [0.1, 0.15) is 20.7 Å². The van der Waals surface area contributed by atoms with Gasteiger partial charge in [-0.15, -0.1) is 0 Å². The Bertz CT molecular complexity index is 1100. The quantitative estimate of drug-likeness (QED) is 0.493. The Kier molecular flexibility index (Phi) is 7.15. The Labute approximate surface area is 188 Å². The highest BCUT2D eigenvalue weighted by molar-refractivity contribution is 9.10. The van der Waals surface area contributed by atoms with E-state index >= 15 is 0 Å². The molecule has 0 saturated carbocycles. The molecule has 7 nitrogen and oxygen atoms in total. The predicted molar refractivity (Wildman–Crippen MR) is 123 cm³/mol. The minimum absolute atomic E-state index is 0.293. The number of rotatable bonds is 7. The minimum Gasteiger partial charge on any atom is -0.497 e. The van der Waals surface area contributed by atoms with Crippen molar-refractivity contribution >= 4 is 39.1 Å². The molecular weight excluding hydrogens is 464 g/mol. The van der Waals surface area contributed by atoms with Crippen molar-refractivity contribution in [3.8, 4) is 17.2 Å². The summed E-state index contributed by atoms with van der Waals surface area (Å²) in [6.45, 7) is 0. The van der Waals surface area contributed by atoms with Gasteiger partial charge in [0.25, 0.3) is 11.8 Å². The molecule has 0 saturated heterocycles. The van der Waals surface area contributed by atoms with Gasteiger partial charge in [0.15, 0.2) is 0 Å². The van der Waals surface area contributed by atoms with Gasteiger partial charge in [-0.25, -0.2) is 0 Å². The van der Waals surface area contributed by atoms with Crippen molar-refractivity contribution in [2.45, 2.75) is 0 Å². The zero-order chi connectivity index (χ0) is 22.4. The predicted octanol–water partition coefficient (Wildman–Crippen LogP) is 4.98. The van der Waals surface area contributed by atoms with Crippen LogP contribution in [0, 0.1) is 0 Å². The monoisotopic (exact) mass is 484 g/mol. The second-order valence-corrected chi connectivity index (χ2v) is 7.23. The summed E-state index contributed by atoms with van der Waals surface area (Å²) < 4.78 is 16.7. The van der Waals surface area contributed by atoms with Crippen LogP contribution >= 0.6 is 15.9 Å². The molecule has 0 aliphatic carbocycles. The minimum atomic E-state index is -0.368. The molecule has 2 N–H and O–H groups in total. The van der Waals surface area contributed by atoms with E-state index in [-0.39, 0.29) is 11.8 Å². The summed E-state index contributed by atoms with van der Waals surface area (Å²) in [6.07, 6.45) is 0. The molecule has 3 aromatic rings. The highest BCUT2D eigenvalue weighted by Crippen LogP contribution is 2.37. The van der Waals surface area contributed by atoms with Crippen molar-refractivity contribution < 1.29 is 23.8 Å². The molecule has 0 bridgehead atoms. The lowest BCUT2D eigenvalue weighted by atomic mass is 10.1. The van der Waals surface area contributed by atoms with Crippen molar-refractivity contribution in [1.29, 1.82) is 0 Å². The van der Waals surface area contributed by atoms with Crippen LogP contribution in [0.3, 0.4) is 0 Å².